The Morgan fingerprint density at radius 1 is 1.15 bits per heavy atom. The molecule has 1 aliphatic carbocycles. The largest absolute Gasteiger partial charge is 0.351 e. The lowest BCUT2D eigenvalue weighted by Gasteiger charge is -2.28. The number of halogens is 3. The van der Waals surface area contributed by atoms with E-state index in [9.17, 15) is 32.8 Å². The topological polar surface area (TPSA) is 120 Å². The summed E-state index contributed by atoms with van der Waals surface area (Å²) in [5.41, 5.74) is 5.24. The van der Waals surface area contributed by atoms with Gasteiger partial charge in [0.1, 0.15) is 17.9 Å². The van der Waals surface area contributed by atoms with E-state index >= 15 is 0 Å². The molecule has 1 aromatic rings. The summed E-state index contributed by atoms with van der Waals surface area (Å²) in [7, 11) is 0. The van der Waals surface area contributed by atoms with E-state index in [0.29, 0.717) is 43.9 Å². The van der Waals surface area contributed by atoms with Crippen LogP contribution >= 0.6 is 0 Å². The fourth-order valence-electron chi connectivity index (χ4n) is 5.16. The Morgan fingerprint density at radius 3 is 2.59 bits per heavy atom. The molecule has 3 N–H and O–H groups in total. The van der Waals surface area contributed by atoms with E-state index in [4.69, 9.17) is 5.73 Å². The van der Waals surface area contributed by atoms with Crippen LogP contribution in [0.2, 0.25) is 0 Å². The van der Waals surface area contributed by atoms with E-state index in [0.717, 1.165) is 6.42 Å². The van der Waals surface area contributed by atoms with Crippen LogP contribution in [0.15, 0.2) is 12.1 Å². The quantitative estimate of drug-likeness (QED) is 0.568. The van der Waals surface area contributed by atoms with Crippen LogP contribution in [-0.4, -0.2) is 64.8 Å². The Hall–Kier alpha value is -3.13. The molecule has 4 rings (SSSR count). The average molecular weight is 477 g/mol. The molecule has 3 fully saturated rings. The van der Waals surface area contributed by atoms with Crippen LogP contribution in [0.4, 0.5) is 13.2 Å². The summed E-state index contributed by atoms with van der Waals surface area (Å²) in [4.78, 5) is 41.1. The van der Waals surface area contributed by atoms with Gasteiger partial charge in [-0.05, 0) is 49.7 Å². The summed E-state index contributed by atoms with van der Waals surface area (Å²) < 4.78 is 41.5. The molecule has 0 aromatic heterocycles. The minimum Gasteiger partial charge on any atom is -0.351 e. The molecule has 0 spiro atoms. The van der Waals surface area contributed by atoms with Gasteiger partial charge in [0.2, 0.25) is 17.7 Å². The van der Waals surface area contributed by atoms with Crippen LogP contribution in [0.25, 0.3) is 0 Å². The molecule has 2 heterocycles. The second kappa shape index (κ2) is 9.62. The number of hydrogen-bond donors (Lipinski definition) is 2. The highest BCUT2D eigenvalue weighted by atomic mass is 19.2. The van der Waals surface area contributed by atoms with E-state index in [1.54, 1.807) is 0 Å². The molecular formula is C23H26F3N5O3. The Bertz CT molecular complexity index is 1050. The van der Waals surface area contributed by atoms with Gasteiger partial charge in [0.15, 0.2) is 11.6 Å². The van der Waals surface area contributed by atoms with Crippen molar-refractivity contribution < 1.29 is 27.6 Å². The Balaban J connectivity index is 1.53. The third kappa shape index (κ3) is 4.73. The maximum absolute atomic E-state index is 14.3. The van der Waals surface area contributed by atoms with E-state index in [2.05, 4.69) is 11.4 Å². The molecule has 5 atom stereocenters. The van der Waals surface area contributed by atoms with Crippen molar-refractivity contribution in [3.05, 3.63) is 35.1 Å². The fourth-order valence-corrected chi connectivity index (χ4v) is 5.16. The number of amides is 3. The first-order chi connectivity index (χ1) is 16.2. The summed E-state index contributed by atoms with van der Waals surface area (Å²) in [6.45, 7) is 0.120. The zero-order valence-electron chi connectivity index (χ0n) is 18.5. The summed E-state index contributed by atoms with van der Waals surface area (Å²) in [6.07, 6.45) is 1.91. The lowest BCUT2D eigenvalue weighted by molar-refractivity contribution is -0.138. The van der Waals surface area contributed by atoms with E-state index < -0.39 is 41.5 Å². The number of benzene rings is 1. The lowest BCUT2D eigenvalue weighted by atomic mass is 10.0. The molecule has 2 saturated heterocycles. The Kier molecular flexibility index (Phi) is 6.79. The molecule has 1 aromatic carbocycles. The number of nitrogens with two attached hydrogens (primary N) is 1. The summed E-state index contributed by atoms with van der Waals surface area (Å²) in [5, 5.41) is 12.1. The zero-order chi connectivity index (χ0) is 24.6. The van der Waals surface area contributed by atoms with Gasteiger partial charge < -0.3 is 20.9 Å². The number of nitrogens with zero attached hydrogens (tertiary/aromatic N) is 3. The molecule has 0 radical (unpaired) electrons. The van der Waals surface area contributed by atoms with Gasteiger partial charge in [-0.15, -0.1) is 0 Å². The van der Waals surface area contributed by atoms with Gasteiger partial charge >= 0.3 is 0 Å². The van der Waals surface area contributed by atoms with Crippen LogP contribution in [0, 0.1) is 34.7 Å². The Labute approximate surface area is 194 Å². The SMILES string of the molecule is N#CC1CC2CC2N1C(=O)C[C@@H](Cc1cc(F)c(F)cc1F)NC(=O)C1CCCN1C(=O)CN. The van der Waals surface area contributed by atoms with Crippen molar-refractivity contribution in [3.63, 3.8) is 0 Å². The van der Waals surface area contributed by atoms with Crippen molar-refractivity contribution in [2.75, 3.05) is 13.1 Å². The minimum absolute atomic E-state index is 0.0130. The number of hydrogen-bond acceptors (Lipinski definition) is 5. The monoisotopic (exact) mass is 477 g/mol. The molecule has 0 bridgehead atoms. The first-order valence-electron chi connectivity index (χ1n) is 11.4. The number of rotatable bonds is 7. The van der Waals surface area contributed by atoms with Gasteiger partial charge in [0.25, 0.3) is 0 Å². The molecule has 2 aliphatic heterocycles. The van der Waals surface area contributed by atoms with Crippen molar-refractivity contribution in [1.29, 1.82) is 5.26 Å². The smallest absolute Gasteiger partial charge is 0.243 e. The predicted octanol–water partition coefficient (Wildman–Crippen LogP) is 0.984. The number of carbonyl (C=O) groups excluding carboxylic acids is 3. The van der Waals surface area contributed by atoms with Gasteiger partial charge in [0, 0.05) is 31.1 Å². The standard InChI is InChI=1S/C23H26F3N5O3/c24-16-9-18(26)17(25)6-12(16)4-14(8-21(32)31-15(10-27)5-13-7-20(13)31)29-23(34)19-2-1-3-30(19)22(33)11-28/h6,9,13-15,19-20H,1-5,7-8,11,28H2,(H,29,34)/t13?,14-,15?,19?,20?/m1/s1. The van der Waals surface area contributed by atoms with Crippen LogP contribution in [0.3, 0.4) is 0 Å². The van der Waals surface area contributed by atoms with Crippen LogP contribution in [-0.2, 0) is 20.8 Å². The number of piperidine rings is 1. The van der Waals surface area contributed by atoms with Crippen molar-refractivity contribution in [2.24, 2.45) is 11.7 Å². The molecule has 8 nitrogen and oxygen atoms in total. The lowest BCUT2D eigenvalue weighted by Crippen LogP contribution is -2.51. The molecular weight excluding hydrogens is 451 g/mol. The normalized spacial score (nSPS) is 26.1. The first kappa shape index (κ1) is 24.0. The molecule has 1 saturated carbocycles. The minimum atomic E-state index is -1.34. The van der Waals surface area contributed by atoms with Crippen molar-refractivity contribution in [2.45, 2.75) is 62.7 Å². The van der Waals surface area contributed by atoms with Gasteiger partial charge in [-0.1, -0.05) is 0 Å². The van der Waals surface area contributed by atoms with E-state index in [1.807, 2.05) is 0 Å². The van der Waals surface area contributed by atoms with Crippen molar-refractivity contribution in [3.8, 4) is 6.07 Å². The Morgan fingerprint density at radius 2 is 1.88 bits per heavy atom. The maximum atomic E-state index is 14.3. The number of nitriles is 1. The van der Waals surface area contributed by atoms with Crippen LogP contribution in [0.5, 0.6) is 0 Å². The number of carbonyl (C=O) groups is 3. The molecule has 3 aliphatic rings. The highest BCUT2D eigenvalue weighted by molar-refractivity contribution is 5.89. The van der Waals surface area contributed by atoms with Crippen LogP contribution in [0.1, 0.15) is 37.7 Å². The molecule has 11 heteroatoms. The fraction of sp³-hybridized carbons (Fsp3) is 0.565. The van der Waals surface area contributed by atoms with E-state index in [-0.39, 0.29) is 42.8 Å². The third-order valence-corrected chi connectivity index (χ3v) is 6.91. The second-order valence-electron chi connectivity index (χ2n) is 9.17. The highest BCUT2D eigenvalue weighted by Gasteiger charge is 2.54. The van der Waals surface area contributed by atoms with Crippen molar-refractivity contribution in [1.82, 2.24) is 15.1 Å². The molecule has 34 heavy (non-hydrogen) atoms. The molecule has 3 amide bonds. The van der Waals surface area contributed by atoms with Crippen LogP contribution < -0.4 is 11.1 Å². The zero-order valence-corrected chi connectivity index (χ0v) is 18.5. The van der Waals surface area contributed by atoms with Gasteiger partial charge in [-0.2, -0.15) is 5.26 Å². The number of likely N-dealkylation sites (tertiary alicyclic amines) is 2. The highest BCUT2D eigenvalue weighted by Crippen LogP contribution is 2.47. The van der Waals surface area contributed by atoms with E-state index in [1.165, 1.54) is 9.80 Å². The average Bonchev–Trinajstić information content (AvgIpc) is 3.22. The first-order valence-corrected chi connectivity index (χ1v) is 11.4. The van der Waals surface area contributed by atoms with Gasteiger partial charge in [0.05, 0.1) is 12.6 Å². The second-order valence-corrected chi connectivity index (χ2v) is 9.17. The summed E-state index contributed by atoms with van der Waals surface area (Å²) >= 11 is 0. The maximum Gasteiger partial charge on any atom is 0.243 e. The predicted molar refractivity (Wildman–Crippen MR) is 113 cm³/mol. The number of fused-ring (bicyclic) bond motifs is 1. The van der Waals surface area contributed by atoms with Gasteiger partial charge in [-0.3, -0.25) is 14.4 Å². The van der Waals surface area contributed by atoms with Crippen molar-refractivity contribution >= 4 is 17.7 Å². The summed E-state index contributed by atoms with van der Waals surface area (Å²) in [5.74, 6) is -4.56. The molecule has 182 valence electrons. The van der Waals surface area contributed by atoms with Gasteiger partial charge in [-0.25, -0.2) is 13.2 Å². The third-order valence-electron chi connectivity index (χ3n) is 6.91. The number of nitrogens with one attached hydrogen (secondary N) is 1. The molecule has 4 unspecified atom stereocenters. The summed E-state index contributed by atoms with van der Waals surface area (Å²) in [6, 6.07) is 0.948.